The maximum atomic E-state index is 13.1. The molecule has 0 bridgehead atoms. The fraction of sp³-hybridized carbons (Fsp3) is 0.440. The zero-order chi connectivity index (χ0) is 22.2. The Bertz CT molecular complexity index is 1000. The topological polar surface area (TPSA) is 79.9 Å². The van der Waals surface area contributed by atoms with Crippen LogP contribution in [0.25, 0.3) is 0 Å². The van der Waals surface area contributed by atoms with Gasteiger partial charge in [0.05, 0.1) is 19.8 Å². The zero-order valence-corrected chi connectivity index (χ0v) is 18.5. The van der Waals surface area contributed by atoms with Crippen LogP contribution in [0.5, 0.6) is 5.75 Å². The maximum Gasteiger partial charge on any atom is 0.319 e. The van der Waals surface area contributed by atoms with Crippen LogP contribution in [0.1, 0.15) is 33.8 Å². The standard InChI is InChI=1S/C25H29N3O4/c1-15-3-4-17(11-22(15)27-25(30)26-18-9-10-32-14-18)24(29)28-12-20-21(13-28)23(20)16-5-7-19(31-2)8-6-16/h3-8,11,18,20-21,23H,9-10,12-14H2,1-2H3,(H2,26,27,30)/t18?,20-,21?,23+/m0/s1. The lowest BCUT2D eigenvalue weighted by Crippen LogP contribution is -2.38. The summed E-state index contributed by atoms with van der Waals surface area (Å²) in [7, 11) is 1.67. The van der Waals surface area contributed by atoms with Gasteiger partial charge in [0.2, 0.25) is 0 Å². The number of nitrogens with zero attached hydrogens (tertiary/aromatic N) is 1. The third kappa shape index (κ3) is 4.05. The van der Waals surface area contributed by atoms with Gasteiger partial charge in [0, 0.05) is 30.9 Å². The van der Waals surface area contributed by atoms with Crippen LogP contribution in [0.15, 0.2) is 42.5 Å². The van der Waals surface area contributed by atoms with Gasteiger partial charge in [-0.2, -0.15) is 0 Å². The first-order chi connectivity index (χ1) is 15.5. The lowest BCUT2D eigenvalue weighted by molar-refractivity contribution is 0.0772. The normalized spacial score (nSPS) is 25.9. The van der Waals surface area contributed by atoms with Crippen LogP contribution >= 0.6 is 0 Å². The number of rotatable bonds is 5. The molecule has 2 aromatic rings. The number of piperidine rings is 1. The van der Waals surface area contributed by atoms with Crippen molar-refractivity contribution in [2.45, 2.75) is 25.3 Å². The van der Waals surface area contributed by atoms with Crippen molar-refractivity contribution in [3.8, 4) is 5.75 Å². The third-order valence-electron chi connectivity index (χ3n) is 6.98. The molecule has 4 atom stereocenters. The number of aryl methyl sites for hydroxylation is 1. The Morgan fingerprint density at radius 3 is 2.50 bits per heavy atom. The predicted octanol–water partition coefficient (Wildman–Crippen LogP) is 3.40. The van der Waals surface area contributed by atoms with Gasteiger partial charge >= 0.3 is 6.03 Å². The summed E-state index contributed by atoms with van der Waals surface area (Å²) in [6.07, 6.45) is 0.819. The van der Waals surface area contributed by atoms with E-state index in [0.29, 0.717) is 42.2 Å². The Kier molecular flexibility index (Phi) is 5.51. The van der Waals surface area contributed by atoms with Gasteiger partial charge in [-0.3, -0.25) is 4.79 Å². The zero-order valence-electron chi connectivity index (χ0n) is 18.5. The number of urea groups is 1. The monoisotopic (exact) mass is 435 g/mol. The maximum absolute atomic E-state index is 13.1. The Morgan fingerprint density at radius 1 is 1.09 bits per heavy atom. The fourth-order valence-corrected chi connectivity index (χ4v) is 5.08. The van der Waals surface area contributed by atoms with Crippen LogP contribution in [0.3, 0.4) is 0 Å². The molecule has 7 heteroatoms. The van der Waals surface area contributed by atoms with Crippen LogP contribution in [-0.2, 0) is 4.74 Å². The third-order valence-corrected chi connectivity index (χ3v) is 6.98. The van der Waals surface area contributed by atoms with Crippen molar-refractivity contribution in [3.63, 3.8) is 0 Å². The predicted molar refractivity (Wildman–Crippen MR) is 121 cm³/mol. The van der Waals surface area contributed by atoms with Crippen LogP contribution in [0.2, 0.25) is 0 Å². The van der Waals surface area contributed by atoms with Crippen molar-refractivity contribution in [1.82, 2.24) is 10.2 Å². The largest absolute Gasteiger partial charge is 0.497 e. The molecule has 2 heterocycles. The molecule has 2 saturated heterocycles. The lowest BCUT2D eigenvalue weighted by Gasteiger charge is -2.21. The molecule has 0 spiro atoms. The molecular formula is C25H29N3O4. The molecule has 0 aromatic heterocycles. The van der Waals surface area contributed by atoms with Crippen LogP contribution in [-0.4, -0.2) is 56.3 Å². The SMILES string of the molecule is COc1ccc([C@H]2C3CN(C(=O)c4ccc(C)c(NC(=O)NC5CCOC5)c4)C[C@@H]32)cc1. The van der Waals surface area contributed by atoms with Gasteiger partial charge in [0.1, 0.15) is 5.75 Å². The van der Waals surface area contributed by atoms with Gasteiger partial charge in [-0.15, -0.1) is 0 Å². The van der Waals surface area contributed by atoms with Gasteiger partial charge < -0.3 is 25.0 Å². The minimum atomic E-state index is -0.266. The van der Waals surface area contributed by atoms with Crippen molar-refractivity contribution < 1.29 is 19.1 Å². The summed E-state index contributed by atoms with van der Waals surface area (Å²) in [6, 6.07) is 13.6. The second-order valence-electron chi connectivity index (χ2n) is 9.03. The first kappa shape index (κ1) is 20.8. The molecule has 1 saturated carbocycles. The summed E-state index contributed by atoms with van der Waals surface area (Å²) in [5.74, 6) is 2.47. The second-order valence-corrected chi connectivity index (χ2v) is 9.03. The number of hydrogen-bond acceptors (Lipinski definition) is 4. The van der Waals surface area contributed by atoms with E-state index in [9.17, 15) is 9.59 Å². The van der Waals surface area contributed by atoms with Crippen molar-refractivity contribution in [1.29, 1.82) is 0 Å². The highest BCUT2D eigenvalue weighted by molar-refractivity contribution is 5.97. The number of carbonyl (C=O) groups is 2. The van der Waals surface area contributed by atoms with Gasteiger partial charge in [-0.25, -0.2) is 4.79 Å². The van der Waals surface area contributed by atoms with E-state index >= 15 is 0 Å². The van der Waals surface area contributed by atoms with E-state index in [1.165, 1.54) is 5.56 Å². The van der Waals surface area contributed by atoms with Gasteiger partial charge in [-0.05, 0) is 66.5 Å². The molecule has 2 unspecified atom stereocenters. The molecule has 1 aliphatic carbocycles. The smallest absolute Gasteiger partial charge is 0.319 e. The van der Waals surface area contributed by atoms with Gasteiger partial charge in [0.15, 0.2) is 0 Å². The molecule has 0 radical (unpaired) electrons. The molecule has 5 rings (SSSR count). The van der Waals surface area contributed by atoms with Gasteiger partial charge in [0.25, 0.3) is 5.91 Å². The first-order valence-corrected chi connectivity index (χ1v) is 11.2. The number of methoxy groups -OCH3 is 1. The van der Waals surface area contributed by atoms with E-state index in [2.05, 4.69) is 22.8 Å². The number of likely N-dealkylation sites (tertiary alicyclic amines) is 1. The molecule has 3 fully saturated rings. The number of benzene rings is 2. The summed E-state index contributed by atoms with van der Waals surface area (Å²) >= 11 is 0. The summed E-state index contributed by atoms with van der Waals surface area (Å²) in [5.41, 5.74) is 3.52. The average Bonchev–Trinajstić information content (AvgIpc) is 3.14. The van der Waals surface area contributed by atoms with Crippen LogP contribution in [0.4, 0.5) is 10.5 Å². The minimum Gasteiger partial charge on any atom is -0.497 e. The van der Waals surface area contributed by atoms with Crippen molar-refractivity contribution >= 4 is 17.6 Å². The number of anilines is 1. The lowest BCUT2D eigenvalue weighted by atomic mass is 10.1. The Labute approximate surface area is 188 Å². The molecule has 2 N–H and O–H groups in total. The minimum absolute atomic E-state index is 0.0262. The van der Waals surface area contributed by atoms with Crippen LogP contribution < -0.4 is 15.4 Å². The van der Waals surface area contributed by atoms with Crippen molar-refractivity contribution in [2.24, 2.45) is 11.8 Å². The average molecular weight is 436 g/mol. The Morgan fingerprint density at radius 2 is 1.84 bits per heavy atom. The van der Waals surface area contributed by atoms with E-state index in [4.69, 9.17) is 9.47 Å². The number of hydrogen-bond donors (Lipinski definition) is 2. The van der Waals surface area contributed by atoms with Crippen molar-refractivity contribution in [2.75, 3.05) is 38.7 Å². The first-order valence-electron chi connectivity index (χ1n) is 11.2. The van der Waals surface area contributed by atoms with E-state index < -0.39 is 0 Å². The number of nitrogens with one attached hydrogen (secondary N) is 2. The summed E-state index contributed by atoms with van der Waals surface area (Å²) in [4.78, 5) is 27.4. The highest BCUT2D eigenvalue weighted by Crippen LogP contribution is 2.58. The van der Waals surface area contributed by atoms with Crippen molar-refractivity contribution in [3.05, 3.63) is 59.2 Å². The van der Waals surface area contributed by atoms with Crippen LogP contribution in [0, 0.1) is 18.8 Å². The fourth-order valence-electron chi connectivity index (χ4n) is 5.08. The number of ether oxygens (including phenoxy) is 2. The number of amides is 3. The molecule has 7 nitrogen and oxygen atoms in total. The van der Waals surface area contributed by atoms with Gasteiger partial charge in [-0.1, -0.05) is 18.2 Å². The summed E-state index contributed by atoms with van der Waals surface area (Å²) in [5, 5.41) is 5.81. The molecule has 3 amide bonds. The van der Waals surface area contributed by atoms with E-state index in [0.717, 1.165) is 30.8 Å². The van der Waals surface area contributed by atoms with E-state index in [1.807, 2.05) is 36.1 Å². The molecule has 32 heavy (non-hydrogen) atoms. The Hall–Kier alpha value is -3.06. The highest BCUT2D eigenvalue weighted by Gasteiger charge is 2.57. The Balaban J connectivity index is 1.20. The molecular weight excluding hydrogens is 406 g/mol. The van der Waals surface area contributed by atoms with E-state index in [-0.39, 0.29) is 18.0 Å². The molecule has 2 aliphatic heterocycles. The molecule has 3 aliphatic rings. The quantitative estimate of drug-likeness (QED) is 0.755. The molecule has 2 aromatic carbocycles. The molecule has 168 valence electrons. The van der Waals surface area contributed by atoms with E-state index in [1.54, 1.807) is 13.2 Å². The highest BCUT2D eigenvalue weighted by atomic mass is 16.5. The summed E-state index contributed by atoms with van der Waals surface area (Å²) < 4.78 is 10.5. The number of fused-ring (bicyclic) bond motifs is 1. The number of carbonyl (C=O) groups excluding carboxylic acids is 2. The summed E-state index contributed by atoms with van der Waals surface area (Å²) in [6.45, 7) is 4.69. The second kappa shape index (κ2) is 8.47.